The van der Waals surface area contributed by atoms with E-state index in [1.807, 2.05) is 24.3 Å². The van der Waals surface area contributed by atoms with Crippen LogP contribution in [0, 0.1) is 0 Å². The summed E-state index contributed by atoms with van der Waals surface area (Å²) in [4.78, 5) is 0. The first-order valence-electron chi connectivity index (χ1n) is 6.36. The predicted molar refractivity (Wildman–Crippen MR) is 82.1 cm³/mol. The van der Waals surface area contributed by atoms with Gasteiger partial charge in [0.1, 0.15) is 9.96 Å². The average Bonchev–Trinajstić information content (AvgIpc) is 2.97. The Kier molecular flexibility index (Phi) is 5.35. The summed E-state index contributed by atoms with van der Waals surface area (Å²) in [6.45, 7) is 0.150. The number of hydrogen-bond acceptors (Lipinski definition) is 5. The fourth-order valence-corrected chi connectivity index (χ4v) is 4.08. The summed E-state index contributed by atoms with van der Waals surface area (Å²) in [7, 11) is -1.91. The van der Waals surface area contributed by atoms with Gasteiger partial charge in [-0.15, -0.1) is 11.3 Å². The Balaban J connectivity index is 1.95. The highest BCUT2D eigenvalue weighted by molar-refractivity contribution is 7.91. The topological polar surface area (TPSA) is 75.6 Å². The second-order valence-corrected chi connectivity index (χ2v) is 7.34. The van der Waals surface area contributed by atoms with Crippen LogP contribution in [0.2, 0.25) is 0 Å². The molecule has 0 fully saturated rings. The monoisotopic (exact) mass is 327 g/mol. The zero-order valence-electron chi connectivity index (χ0n) is 11.6. The molecule has 5 nitrogen and oxygen atoms in total. The van der Waals surface area contributed by atoms with E-state index < -0.39 is 10.0 Å². The maximum atomic E-state index is 12.1. The van der Waals surface area contributed by atoms with Crippen molar-refractivity contribution in [3.63, 3.8) is 0 Å². The first kappa shape index (κ1) is 16.0. The van der Waals surface area contributed by atoms with Gasteiger partial charge >= 0.3 is 0 Å². The zero-order valence-corrected chi connectivity index (χ0v) is 13.2. The van der Waals surface area contributed by atoms with Crippen LogP contribution in [0.4, 0.5) is 0 Å². The lowest BCUT2D eigenvalue weighted by Crippen LogP contribution is -2.25. The highest BCUT2D eigenvalue weighted by atomic mass is 32.2. The summed E-state index contributed by atoms with van der Waals surface area (Å²) in [5.41, 5.74) is 1.60. The van der Waals surface area contributed by atoms with Crippen LogP contribution >= 0.6 is 11.3 Å². The molecule has 2 rings (SSSR count). The second kappa shape index (κ2) is 7.04. The number of nitrogens with one attached hydrogen (secondary N) is 1. The molecular formula is C14H17NO4S2. The Morgan fingerprint density at radius 3 is 2.76 bits per heavy atom. The van der Waals surface area contributed by atoms with Gasteiger partial charge in [0, 0.05) is 6.54 Å². The van der Waals surface area contributed by atoms with Gasteiger partial charge in [-0.1, -0.05) is 12.1 Å². The highest BCUT2D eigenvalue weighted by Crippen LogP contribution is 2.20. The lowest BCUT2D eigenvalue weighted by molar-refractivity contribution is 0.282. The minimum Gasteiger partial charge on any atom is -0.497 e. The number of sulfonamides is 1. The number of aliphatic hydroxyl groups is 1. The first-order chi connectivity index (χ1) is 10.0. The normalized spacial score (nSPS) is 11.5. The Morgan fingerprint density at radius 2 is 2.10 bits per heavy atom. The van der Waals surface area contributed by atoms with Crippen LogP contribution in [0.5, 0.6) is 5.75 Å². The molecule has 0 aliphatic heterocycles. The number of benzene rings is 1. The van der Waals surface area contributed by atoms with Crippen molar-refractivity contribution >= 4 is 21.4 Å². The number of aliphatic hydroxyl groups excluding tert-OH is 1. The molecule has 0 radical (unpaired) electrons. The van der Waals surface area contributed by atoms with E-state index >= 15 is 0 Å². The molecule has 0 saturated heterocycles. The maximum Gasteiger partial charge on any atom is 0.250 e. The van der Waals surface area contributed by atoms with Crippen LogP contribution in [-0.2, 0) is 23.1 Å². The Morgan fingerprint density at radius 1 is 1.29 bits per heavy atom. The van der Waals surface area contributed by atoms with Gasteiger partial charge in [-0.05, 0) is 41.1 Å². The Hall–Kier alpha value is -1.41. The fraction of sp³-hybridized carbons (Fsp3) is 0.286. The minimum absolute atomic E-state index is 0.157. The molecule has 1 aromatic heterocycles. The molecule has 7 heteroatoms. The smallest absolute Gasteiger partial charge is 0.250 e. The number of rotatable bonds is 7. The molecule has 0 aliphatic rings. The van der Waals surface area contributed by atoms with E-state index in [1.54, 1.807) is 12.5 Å². The second-order valence-electron chi connectivity index (χ2n) is 4.43. The van der Waals surface area contributed by atoms with Gasteiger partial charge in [-0.2, -0.15) is 0 Å². The van der Waals surface area contributed by atoms with Crippen molar-refractivity contribution < 1.29 is 18.3 Å². The quantitative estimate of drug-likeness (QED) is 0.813. The highest BCUT2D eigenvalue weighted by Gasteiger charge is 2.15. The summed E-state index contributed by atoms with van der Waals surface area (Å²) < 4.78 is 32.0. The van der Waals surface area contributed by atoms with Crippen LogP contribution in [0.15, 0.2) is 39.9 Å². The molecule has 1 aromatic carbocycles. The largest absolute Gasteiger partial charge is 0.497 e. The van der Waals surface area contributed by atoms with E-state index in [1.165, 1.54) is 6.07 Å². The summed E-state index contributed by atoms with van der Waals surface area (Å²) >= 11 is 1.10. The van der Waals surface area contributed by atoms with Crippen LogP contribution in [-0.4, -0.2) is 27.2 Å². The van der Waals surface area contributed by atoms with Crippen molar-refractivity contribution in [2.75, 3.05) is 13.7 Å². The third-order valence-corrected chi connectivity index (χ3v) is 5.87. The van der Waals surface area contributed by atoms with E-state index in [0.29, 0.717) is 18.5 Å². The van der Waals surface area contributed by atoms with Crippen molar-refractivity contribution in [1.29, 1.82) is 0 Å². The lowest BCUT2D eigenvalue weighted by Gasteiger charge is -2.06. The van der Waals surface area contributed by atoms with Crippen LogP contribution in [0.25, 0.3) is 0 Å². The summed E-state index contributed by atoms with van der Waals surface area (Å²) in [5.74, 6) is 0.751. The van der Waals surface area contributed by atoms with E-state index in [9.17, 15) is 8.42 Å². The van der Waals surface area contributed by atoms with Gasteiger partial charge < -0.3 is 9.84 Å². The van der Waals surface area contributed by atoms with Crippen molar-refractivity contribution in [2.45, 2.75) is 17.2 Å². The van der Waals surface area contributed by atoms with Crippen LogP contribution in [0.1, 0.15) is 11.1 Å². The van der Waals surface area contributed by atoms with Gasteiger partial charge in [0.05, 0.1) is 13.7 Å². The molecule has 0 saturated carbocycles. The summed E-state index contributed by atoms with van der Waals surface area (Å²) in [5, 5.41) is 10.6. The zero-order chi connectivity index (χ0) is 15.3. The van der Waals surface area contributed by atoms with Gasteiger partial charge in [-0.3, -0.25) is 0 Å². The predicted octanol–water partition coefficient (Wildman–Crippen LogP) is 1.77. The molecule has 0 unspecified atom stereocenters. The molecule has 21 heavy (non-hydrogen) atoms. The van der Waals surface area contributed by atoms with Crippen molar-refractivity contribution in [1.82, 2.24) is 4.72 Å². The summed E-state index contributed by atoms with van der Waals surface area (Å²) in [6.07, 6.45) is 0.578. The third kappa shape index (κ3) is 4.28. The van der Waals surface area contributed by atoms with Crippen molar-refractivity contribution in [3.05, 3.63) is 46.8 Å². The third-order valence-electron chi connectivity index (χ3n) is 2.92. The van der Waals surface area contributed by atoms with Gasteiger partial charge in [0.2, 0.25) is 10.0 Å². The van der Waals surface area contributed by atoms with E-state index in [4.69, 9.17) is 9.84 Å². The molecule has 114 valence electrons. The van der Waals surface area contributed by atoms with Crippen molar-refractivity contribution in [3.8, 4) is 5.75 Å². The standard InChI is InChI=1S/C14H17NO4S2/c1-19-13-4-2-3-11(7-13)5-6-15-21(17,18)14-8-12(9-16)10-20-14/h2-4,7-8,10,15-16H,5-6,9H2,1H3. The van der Waals surface area contributed by atoms with Gasteiger partial charge in [0.25, 0.3) is 0 Å². The molecule has 0 spiro atoms. The molecule has 0 bridgehead atoms. The first-order valence-corrected chi connectivity index (χ1v) is 8.72. The maximum absolute atomic E-state index is 12.1. The number of thiophene rings is 1. The molecule has 0 aliphatic carbocycles. The SMILES string of the molecule is COc1cccc(CCNS(=O)(=O)c2cc(CO)cs2)c1. The molecular weight excluding hydrogens is 310 g/mol. The lowest BCUT2D eigenvalue weighted by atomic mass is 10.1. The van der Waals surface area contributed by atoms with Gasteiger partial charge in [0.15, 0.2) is 0 Å². The minimum atomic E-state index is -3.51. The van der Waals surface area contributed by atoms with Gasteiger partial charge in [-0.25, -0.2) is 13.1 Å². The molecule has 0 amide bonds. The molecule has 2 N–H and O–H groups in total. The van der Waals surface area contributed by atoms with E-state index in [0.717, 1.165) is 22.6 Å². The van der Waals surface area contributed by atoms with Crippen molar-refractivity contribution in [2.24, 2.45) is 0 Å². The van der Waals surface area contributed by atoms with E-state index in [2.05, 4.69) is 4.72 Å². The fourth-order valence-electron chi connectivity index (χ4n) is 1.81. The number of methoxy groups -OCH3 is 1. The Bertz CT molecular complexity index is 695. The number of ether oxygens (including phenoxy) is 1. The molecule has 1 heterocycles. The van der Waals surface area contributed by atoms with Crippen LogP contribution in [0.3, 0.4) is 0 Å². The average molecular weight is 327 g/mol. The van der Waals surface area contributed by atoms with E-state index in [-0.39, 0.29) is 10.8 Å². The Labute approximate surface area is 128 Å². The molecule has 0 atom stereocenters. The number of hydrogen-bond donors (Lipinski definition) is 2. The molecule has 2 aromatic rings. The van der Waals surface area contributed by atoms with Crippen LogP contribution < -0.4 is 9.46 Å². The summed E-state index contributed by atoms with van der Waals surface area (Å²) in [6, 6.07) is 9.00.